The highest BCUT2D eigenvalue weighted by Gasteiger charge is 2.12. The number of nitrogens with zero attached hydrogens (tertiary/aromatic N) is 2. The van der Waals surface area contributed by atoms with E-state index in [1.807, 2.05) is 55.5 Å². The fraction of sp³-hybridized carbons (Fsp3) is 0.304. The summed E-state index contributed by atoms with van der Waals surface area (Å²) >= 11 is 0. The molecule has 152 valence electrons. The number of aryl methyl sites for hydroxylation is 1. The molecule has 6 heteroatoms. The van der Waals surface area contributed by atoms with Crippen molar-refractivity contribution in [2.45, 2.75) is 19.8 Å². The lowest BCUT2D eigenvalue weighted by molar-refractivity contribution is -0.132. The van der Waals surface area contributed by atoms with Gasteiger partial charge in [0.15, 0.2) is 18.1 Å². The first-order valence-corrected chi connectivity index (χ1v) is 9.85. The molecule has 0 saturated heterocycles. The van der Waals surface area contributed by atoms with Gasteiger partial charge in [0.05, 0.1) is 12.3 Å². The van der Waals surface area contributed by atoms with Crippen molar-refractivity contribution in [2.24, 2.45) is 0 Å². The first kappa shape index (κ1) is 20.5. The minimum atomic E-state index is -0.0640. The first-order valence-electron chi connectivity index (χ1n) is 9.85. The Kier molecular flexibility index (Phi) is 7.28. The fourth-order valence-electron chi connectivity index (χ4n) is 2.97. The summed E-state index contributed by atoms with van der Waals surface area (Å²) in [5.74, 6) is 1.17. The second-order valence-corrected chi connectivity index (χ2v) is 6.73. The summed E-state index contributed by atoms with van der Waals surface area (Å²) in [4.78, 5) is 14.0. The maximum Gasteiger partial charge on any atom is 0.260 e. The molecule has 3 rings (SSSR count). The third-order valence-electron chi connectivity index (χ3n) is 4.57. The highest BCUT2D eigenvalue weighted by atomic mass is 16.5. The molecule has 0 saturated carbocycles. The van der Waals surface area contributed by atoms with E-state index in [-0.39, 0.29) is 12.5 Å². The van der Waals surface area contributed by atoms with Crippen molar-refractivity contribution in [3.8, 4) is 22.8 Å². The molecule has 1 aromatic heterocycles. The van der Waals surface area contributed by atoms with E-state index in [4.69, 9.17) is 9.47 Å². The van der Waals surface area contributed by atoms with Crippen LogP contribution in [0.3, 0.4) is 0 Å². The zero-order valence-corrected chi connectivity index (χ0v) is 16.9. The molecule has 1 heterocycles. The van der Waals surface area contributed by atoms with Crippen LogP contribution in [-0.2, 0) is 11.2 Å². The summed E-state index contributed by atoms with van der Waals surface area (Å²) in [5, 5.41) is 7.45. The van der Waals surface area contributed by atoms with Crippen molar-refractivity contribution < 1.29 is 14.3 Å². The number of hydrogen-bond donors (Lipinski definition) is 1. The lowest BCUT2D eigenvalue weighted by atomic mass is 10.1. The Balaban J connectivity index is 1.43. The van der Waals surface area contributed by atoms with Gasteiger partial charge in [-0.05, 0) is 38.0 Å². The van der Waals surface area contributed by atoms with E-state index < -0.39 is 0 Å². The largest absolute Gasteiger partial charge is 0.490 e. The normalized spacial score (nSPS) is 10.6. The van der Waals surface area contributed by atoms with Crippen LogP contribution < -0.4 is 9.47 Å². The molecule has 0 aliphatic heterocycles. The summed E-state index contributed by atoms with van der Waals surface area (Å²) in [6, 6.07) is 19.5. The zero-order valence-electron chi connectivity index (χ0n) is 16.9. The van der Waals surface area contributed by atoms with E-state index in [2.05, 4.69) is 16.3 Å². The van der Waals surface area contributed by atoms with E-state index in [1.165, 1.54) is 0 Å². The highest BCUT2D eigenvalue weighted by Crippen LogP contribution is 2.26. The van der Waals surface area contributed by atoms with Crippen molar-refractivity contribution in [3.63, 3.8) is 0 Å². The molecule has 0 radical (unpaired) electrons. The van der Waals surface area contributed by atoms with Crippen LogP contribution in [0.5, 0.6) is 11.5 Å². The van der Waals surface area contributed by atoms with Gasteiger partial charge in [0.2, 0.25) is 0 Å². The molecule has 0 atom stereocenters. The van der Waals surface area contributed by atoms with E-state index in [0.29, 0.717) is 24.7 Å². The third-order valence-corrected chi connectivity index (χ3v) is 4.57. The van der Waals surface area contributed by atoms with Crippen molar-refractivity contribution in [1.82, 2.24) is 15.1 Å². The minimum absolute atomic E-state index is 0.0111. The molecule has 6 nitrogen and oxygen atoms in total. The molecule has 0 unspecified atom stereocenters. The lowest BCUT2D eigenvalue weighted by Crippen LogP contribution is -2.32. The smallest absolute Gasteiger partial charge is 0.260 e. The van der Waals surface area contributed by atoms with E-state index in [9.17, 15) is 4.79 Å². The SMILES string of the molecule is CCOc1ccccc1OCC(=O)N(C)CCCc1cc(-c2ccccc2)n[nH]1. The number of aromatic nitrogens is 2. The minimum Gasteiger partial charge on any atom is -0.490 e. The molecular formula is C23H27N3O3. The fourth-order valence-corrected chi connectivity index (χ4v) is 2.97. The van der Waals surface area contributed by atoms with Crippen LogP contribution in [0.15, 0.2) is 60.7 Å². The monoisotopic (exact) mass is 393 g/mol. The molecule has 2 aromatic carbocycles. The van der Waals surface area contributed by atoms with Crippen molar-refractivity contribution in [3.05, 3.63) is 66.4 Å². The van der Waals surface area contributed by atoms with E-state index in [0.717, 1.165) is 29.8 Å². The molecule has 0 spiro atoms. The van der Waals surface area contributed by atoms with Crippen LogP contribution in [0.25, 0.3) is 11.3 Å². The maximum atomic E-state index is 12.4. The number of carbonyl (C=O) groups excluding carboxylic acids is 1. The van der Waals surface area contributed by atoms with Crippen LogP contribution >= 0.6 is 0 Å². The van der Waals surface area contributed by atoms with Crippen LogP contribution in [0.1, 0.15) is 19.0 Å². The van der Waals surface area contributed by atoms with Crippen LogP contribution in [0, 0.1) is 0 Å². The van der Waals surface area contributed by atoms with Crippen LogP contribution in [0.2, 0.25) is 0 Å². The molecular weight excluding hydrogens is 366 g/mol. The average Bonchev–Trinajstić information content (AvgIpc) is 3.22. The molecule has 29 heavy (non-hydrogen) atoms. The van der Waals surface area contributed by atoms with Crippen molar-refractivity contribution in [1.29, 1.82) is 0 Å². The lowest BCUT2D eigenvalue weighted by Gasteiger charge is -2.18. The van der Waals surface area contributed by atoms with Crippen molar-refractivity contribution in [2.75, 3.05) is 26.8 Å². The molecule has 0 fully saturated rings. The number of likely N-dealkylation sites (N-methyl/N-ethyl adjacent to an activating group) is 1. The number of carbonyl (C=O) groups is 1. The molecule has 1 N–H and O–H groups in total. The molecule has 0 aliphatic rings. The quantitative estimate of drug-likeness (QED) is 0.566. The number of H-pyrrole nitrogens is 1. The van der Waals surface area contributed by atoms with Gasteiger partial charge in [0, 0.05) is 24.8 Å². The van der Waals surface area contributed by atoms with Crippen molar-refractivity contribution >= 4 is 5.91 Å². The first-order chi connectivity index (χ1) is 14.2. The summed E-state index contributed by atoms with van der Waals surface area (Å²) in [5.41, 5.74) is 3.09. The van der Waals surface area contributed by atoms with Gasteiger partial charge in [0.25, 0.3) is 5.91 Å². The molecule has 0 bridgehead atoms. The summed E-state index contributed by atoms with van der Waals surface area (Å²) in [6.45, 7) is 3.10. The zero-order chi connectivity index (χ0) is 20.5. The van der Waals surface area contributed by atoms with Gasteiger partial charge >= 0.3 is 0 Å². The summed E-state index contributed by atoms with van der Waals surface area (Å²) in [6.07, 6.45) is 1.67. The van der Waals surface area contributed by atoms with Gasteiger partial charge in [-0.25, -0.2) is 0 Å². The highest BCUT2D eigenvalue weighted by molar-refractivity contribution is 5.77. The van der Waals surface area contributed by atoms with Crippen LogP contribution in [-0.4, -0.2) is 47.8 Å². The Hall–Kier alpha value is -3.28. The average molecular weight is 393 g/mol. The Bertz CT molecular complexity index is 908. The topological polar surface area (TPSA) is 67.5 Å². The molecule has 1 amide bonds. The Morgan fingerprint density at radius 3 is 2.45 bits per heavy atom. The molecule has 0 aliphatic carbocycles. The number of para-hydroxylation sites is 2. The van der Waals surface area contributed by atoms with Gasteiger partial charge in [0.1, 0.15) is 0 Å². The summed E-state index contributed by atoms with van der Waals surface area (Å²) < 4.78 is 11.2. The van der Waals surface area contributed by atoms with Crippen LogP contribution in [0.4, 0.5) is 0 Å². The van der Waals surface area contributed by atoms with Gasteiger partial charge in [-0.15, -0.1) is 0 Å². The Morgan fingerprint density at radius 2 is 1.72 bits per heavy atom. The second-order valence-electron chi connectivity index (χ2n) is 6.73. The predicted octanol–water partition coefficient (Wildman–Crippen LogP) is 3.95. The number of amides is 1. The Labute approximate surface area is 171 Å². The predicted molar refractivity (Wildman–Crippen MR) is 113 cm³/mol. The number of rotatable bonds is 10. The number of aromatic amines is 1. The number of nitrogens with one attached hydrogen (secondary N) is 1. The third kappa shape index (κ3) is 5.85. The van der Waals surface area contributed by atoms with Gasteiger partial charge in [-0.3, -0.25) is 9.89 Å². The maximum absolute atomic E-state index is 12.4. The van der Waals surface area contributed by atoms with Gasteiger partial charge in [-0.2, -0.15) is 5.10 Å². The number of hydrogen-bond acceptors (Lipinski definition) is 4. The Morgan fingerprint density at radius 1 is 1.03 bits per heavy atom. The standard InChI is InChI=1S/C23H27N3O3/c1-3-28-21-13-7-8-14-22(21)29-17-23(27)26(2)15-9-12-19-16-20(25-24-19)18-10-5-4-6-11-18/h4-8,10-11,13-14,16H,3,9,12,15,17H2,1-2H3,(H,24,25). The van der Waals surface area contributed by atoms with Gasteiger partial charge in [-0.1, -0.05) is 42.5 Å². The second kappa shape index (κ2) is 10.3. The molecule has 3 aromatic rings. The van der Waals surface area contributed by atoms with Gasteiger partial charge < -0.3 is 14.4 Å². The van der Waals surface area contributed by atoms with E-state index >= 15 is 0 Å². The summed E-state index contributed by atoms with van der Waals surface area (Å²) in [7, 11) is 1.79. The van der Waals surface area contributed by atoms with E-state index in [1.54, 1.807) is 18.0 Å². The number of ether oxygens (including phenoxy) is 2. The number of benzene rings is 2.